The van der Waals surface area contributed by atoms with Crippen molar-refractivity contribution in [1.29, 1.82) is 0 Å². The van der Waals surface area contributed by atoms with Gasteiger partial charge in [-0.15, -0.1) is 0 Å². The molecule has 2 amide bonds. The number of hydrogen-bond acceptors (Lipinski definition) is 8. The van der Waals surface area contributed by atoms with E-state index in [-0.39, 0.29) is 18.4 Å². The molecule has 30 heavy (non-hydrogen) atoms. The number of unbranched alkanes of at least 4 members (excludes halogenated alkanes) is 1. The summed E-state index contributed by atoms with van der Waals surface area (Å²) in [6.07, 6.45) is 1.13. The smallest absolute Gasteiger partial charge is 0.222 e. The van der Waals surface area contributed by atoms with Gasteiger partial charge in [0.05, 0.1) is 25.9 Å². The molecule has 0 aromatic carbocycles. The van der Waals surface area contributed by atoms with Crippen LogP contribution in [0.25, 0.3) is 0 Å². The normalized spacial score (nSPS) is 21.4. The summed E-state index contributed by atoms with van der Waals surface area (Å²) in [6.45, 7) is 3.92. The van der Waals surface area contributed by atoms with Crippen LogP contribution in [0.4, 0.5) is 0 Å². The van der Waals surface area contributed by atoms with Crippen molar-refractivity contribution in [3.8, 4) is 0 Å². The zero-order valence-electron chi connectivity index (χ0n) is 18.1. The van der Waals surface area contributed by atoms with Crippen LogP contribution in [-0.2, 0) is 23.8 Å². The summed E-state index contributed by atoms with van der Waals surface area (Å²) in [5.41, 5.74) is 0. The molecule has 1 heterocycles. The minimum absolute atomic E-state index is 0.0200. The Morgan fingerprint density at radius 2 is 1.67 bits per heavy atom. The number of ether oxygens (including phenoxy) is 3. The maximum Gasteiger partial charge on any atom is 0.222 e. The van der Waals surface area contributed by atoms with Crippen molar-refractivity contribution in [3.63, 3.8) is 0 Å². The summed E-state index contributed by atoms with van der Waals surface area (Å²) in [5, 5.41) is 28.0. The molecule has 3 atom stereocenters. The average Bonchev–Trinajstić information content (AvgIpc) is 2.73. The van der Waals surface area contributed by atoms with Crippen LogP contribution in [0.15, 0.2) is 0 Å². The van der Waals surface area contributed by atoms with Crippen molar-refractivity contribution < 1.29 is 34.0 Å². The molecule has 0 spiro atoms. The fourth-order valence-electron chi connectivity index (χ4n) is 2.86. The van der Waals surface area contributed by atoms with Gasteiger partial charge in [0.25, 0.3) is 0 Å². The Hall–Kier alpha value is -1.30. The highest BCUT2D eigenvalue weighted by atomic mass is 16.5. The molecular weight excluding hydrogens is 394 g/mol. The molecule has 1 fully saturated rings. The van der Waals surface area contributed by atoms with Crippen molar-refractivity contribution in [1.82, 2.24) is 16.0 Å². The summed E-state index contributed by atoms with van der Waals surface area (Å²) in [5.74, 6) is -0.0696. The van der Waals surface area contributed by atoms with E-state index in [1.165, 1.54) is 0 Å². The van der Waals surface area contributed by atoms with E-state index < -0.39 is 18.3 Å². The quantitative estimate of drug-likeness (QED) is 0.183. The topological polar surface area (TPSA) is 138 Å². The van der Waals surface area contributed by atoms with Crippen molar-refractivity contribution in [2.45, 2.75) is 56.8 Å². The fourth-order valence-corrected chi connectivity index (χ4v) is 2.86. The van der Waals surface area contributed by atoms with Crippen molar-refractivity contribution in [3.05, 3.63) is 0 Å². The van der Waals surface area contributed by atoms with Crippen molar-refractivity contribution in [2.24, 2.45) is 0 Å². The summed E-state index contributed by atoms with van der Waals surface area (Å²) in [7, 11) is 1.85. The van der Waals surface area contributed by atoms with Crippen LogP contribution in [0, 0.1) is 0 Å². The van der Waals surface area contributed by atoms with Gasteiger partial charge < -0.3 is 40.4 Å². The van der Waals surface area contributed by atoms with Gasteiger partial charge in [0, 0.05) is 45.7 Å². The predicted octanol–water partition coefficient (Wildman–Crippen LogP) is -1.07. The highest BCUT2D eigenvalue weighted by Crippen LogP contribution is 2.15. The van der Waals surface area contributed by atoms with Crippen molar-refractivity contribution >= 4 is 11.8 Å². The second kappa shape index (κ2) is 17.4. The molecule has 1 aliphatic heterocycles. The monoisotopic (exact) mass is 433 g/mol. The van der Waals surface area contributed by atoms with Crippen LogP contribution < -0.4 is 16.0 Å². The first-order chi connectivity index (χ1) is 14.5. The average molecular weight is 434 g/mol. The molecule has 3 unspecified atom stereocenters. The maximum absolute atomic E-state index is 11.8. The van der Waals surface area contributed by atoms with Crippen molar-refractivity contribution in [2.75, 3.05) is 59.7 Å². The van der Waals surface area contributed by atoms with Crippen LogP contribution in [0.5, 0.6) is 0 Å². The lowest BCUT2D eigenvalue weighted by atomic mass is 10.0. The lowest BCUT2D eigenvalue weighted by molar-refractivity contribution is -0.154. The second-order valence-electron chi connectivity index (χ2n) is 7.31. The summed E-state index contributed by atoms with van der Waals surface area (Å²) >= 11 is 0. The van der Waals surface area contributed by atoms with E-state index in [0.717, 1.165) is 13.0 Å². The molecule has 1 aliphatic rings. The van der Waals surface area contributed by atoms with E-state index in [9.17, 15) is 19.8 Å². The van der Waals surface area contributed by atoms with E-state index in [4.69, 9.17) is 14.2 Å². The van der Waals surface area contributed by atoms with Crippen LogP contribution in [0.2, 0.25) is 0 Å². The molecule has 0 bridgehead atoms. The van der Waals surface area contributed by atoms with E-state index in [1.807, 2.05) is 7.05 Å². The summed E-state index contributed by atoms with van der Waals surface area (Å²) in [4.78, 5) is 23.4. The lowest BCUT2D eigenvalue weighted by Gasteiger charge is -2.31. The van der Waals surface area contributed by atoms with Gasteiger partial charge in [0.15, 0.2) is 0 Å². The molecule has 0 radical (unpaired) electrons. The minimum Gasteiger partial charge on any atom is -0.390 e. The Kier molecular flexibility index (Phi) is 15.5. The Labute approximate surface area is 179 Å². The summed E-state index contributed by atoms with van der Waals surface area (Å²) < 4.78 is 16.1. The molecular formula is C20H39N3O7. The number of aliphatic hydroxyl groups is 2. The standard InChI is InChI=1S/C20H39N3O7/c1-21-10-14-28-12-7-19(26)23-9-4-8-22-18(25)5-2-3-11-29-15-17-20(27)16(24)6-13-30-17/h16-17,20-21,24,27H,2-15H2,1H3,(H,22,25)(H,23,26). The molecule has 5 N–H and O–H groups in total. The number of amides is 2. The Bertz CT molecular complexity index is 468. The number of aliphatic hydroxyl groups excluding tert-OH is 2. The number of likely N-dealkylation sites (N-methyl/N-ethyl adjacent to an activating group) is 1. The highest BCUT2D eigenvalue weighted by Gasteiger charge is 2.31. The second-order valence-corrected chi connectivity index (χ2v) is 7.31. The van der Waals surface area contributed by atoms with Gasteiger partial charge in [-0.1, -0.05) is 0 Å². The third kappa shape index (κ3) is 13.1. The molecule has 10 nitrogen and oxygen atoms in total. The molecule has 176 valence electrons. The molecule has 0 aromatic heterocycles. The number of nitrogens with one attached hydrogen (secondary N) is 3. The van der Waals surface area contributed by atoms with Crippen LogP contribution in [0.1, 0.15) is 38.5 Å². The fraction of sp³-hybridized carbons (Fsp3) is 0.900. The van der Waals surface area contributed by atoms with Gasteiger partial charge in [-0.05, 0) is 32.7 Å². The molecule has 0 aromatic rings. The Balaban J connectivity index is 1.87. The Morgan fingerprint density at radius 1 is 0.933 bits per heavy atom. The van der Waals surface area contributed by atoms with Gasteiger partial charge in [-0.25, -0.2) is 0 Å². The maximum atomic E-state index is 11.8. The predicted molar refractivity (Wildman–Crippen MR) is 111 cm³/mol. The van der Waals surface area contributed by atoms with E-state index in [2.05, 4.69) is 16.0 Å². The third-order valence-corrected chi connectivity index (χ3v) is 4.71. The number of carbonyl (C=O) groups excluding carboxylic acids is 2. The third-order valence-electron chi connectivity index (χ3n) is 4.71. The molecule has 1 rings (SSSR count). The van der Waals surface area contributed by atoms with E-state index in [0.29, 0.717) is 71.6 Å². The van der Waals surface area contributed by atoms with Gasteiger partial charge in [0.1, 0.15) is 12.2 Å². The molecule has 0 aliphatic carbocycles. The largest absolute Gasteiger partial charge is 0.390 e. The SMILES string of the molecule is CNCCOCCC(=O)NCCCNC(=O)CCCCOCC1OCCC(O)C1O. The summed E-state index contributed by atoms with van der Waals surface area (Å²) in [6, 6.07) is 0. The van der Waals surface area contributed by atoms with Crippen LogP contribution in [-0.4, -0.2) is 100 Å². The van der Waals surface area contributed by atoms with E-state index >= 15 is 0 Å². The first kappa shape index (κ1) is 26.7. The highest BCUT2D eigenvalue weighted by molar-refractivity contribution is 5.76. The molecule has 10 heteroatoms. The van der Waals surface area contributed by atoms with Crippen LogP contribution in [0.3, 0.4) is 0 Å². The van der Waals surface area contributed by atoms with Gasteiger partial charge in [0.2, 0.25) is 11.8 Å². The van der Waals surface area contributed by atoms with Gasteiger partial charge in [-0.2, -0.15) is 0 Å². The first-order valence-corrected chi connectivity index (χ1v) is 10.9. The van der Waals surface area contributed by atoms with E-state index in [1.54, 1.807) is 0 Å². The Morgan fingerprint density at radius 3 is 2.40 bits per heavy atom. The number of carbonyl (C=O) groups is 2. The van der Waals surface area contributed by atoms with Gasteiger partial charge in [-0.3, -0.25) is 9.59 Å². The lowest BCUT2D eigenvalue weighted by Crippen LogP contribution is -2.46. The van der Waals surface area contributed by atoms with Crippen LogP contribution >= 0.6 is 0 Å². The molecule has 0 saturated carbocycles. The molecule has 1 saturated heterocycles. The zero-order chi connectivity index (χ0) is 22.0. The zero-order valence-corrected chi connectivity index (χ0v) is 18.1. The van der Waals surface area contributed by atoms with Gasteiger partial charge >= 0.3 is 0 Å². The number of hydrogen-bond donors (Lipinski definition) is 5. The minimum atomic E-state index is -0.911. The number of rotatable bonds is 17. The first-order valence-electron chi connectivity index (χ1n) is 10.9.